The summed E-state index contributed by atoms with van der Waals surface area (Å²) in [4.78, 5) is 13.7. The van der Waals surface area contributed by atoms with Gasteiger partial charge in [0.05, 0.1) is 18.0 Å². The minimum absolute atomic E-state index is 0.0904. The van der Waals surface area contributed by atoms with Gasteiger partial charge >= 0.3 is 0 Å². The molecule has 0 aliphatic heterocycles. The van der Waals surface area contributed by atoms with E-state index in [4.69, 9.17) is 22.7 Å². The molecule has 4 nitrogen and oxygen atoms in total. The SMILES string of the molecule is CN(CCC(N)=S)C(=O)CCOCCC1CC1. The van der Waals surface area contributed by atoms with Gasteiger partial charge in [-0.3, -0.25) is 4.79 Å². The van der Waals surface area contributed by atoms with Gasteiger partial charge < -0.3 is 15.4 Å². The van der Waals surface area contributed by atoms with E-state index in [0.29, 0.717) is 31.0 Å². The molecule has 0 unspecified atom stereocenters. The van der Waals surface area contributed by atoms with E-state index < -0.39 is 0 Å². The molecule has 98 valence electrons. The first-order valence-corrected chi connectivity index (χ1v) is 6.60. The lowest BCUT2D eigenvalue weighted by molar-refractivity contribution is -0.130. The maximum Gasteiger partial charge on any atom is 0.224 e. The van der Waals surface area contributed by atoms with Crippen LogP contribution in [0.4, 0.5) is 0 Å². The molecular weight excluding hydrogens is 236 g/mol. The number of amides is 1. The van der Waals surface area contributed by atoms with E-state index in [1.807, 2.05) is 0 Å². The van der Waals surface area contributed by atoms with Gasteiger partial charge in [-0.15, -0.1) is 0 Å². The molecular formula is C12H22N2O2S. The van der Waals surface area contributed by atoms with Crippen molar-refractivity contribution in [2.24, 2.45) is 11.7 Å². The Kier molecular flexibility index (Phi) is 6.44. The lowest BCUT2D eigenvalue weighted by Gasteiger charge is -2.16. The number of nitrogens with zero attached hydrogens (tertiary/aromatic N) is 1. The molecule has 1 amide bonds. The molecule has 1 saturated carbocycles. The standard InChI is InChI=1S/C12H22N2O2S/c1-14(7-4-11(13)17)12(15)6-9-16-8-5-10-2-3-10/h10H,2-9H2,1H3,(H2,13,17). The van der Waals surface area contributed by atoms with Gasteiger partial charge in [-0.2, -0.15) is 0 Å². The second-order valence-electron chi connectivity index (χ2n) is 4.63. The third kappa shape index (κ3) is 7.28. The van der Waals surface area contributed by atoms with Crippen molar-refractivity contribution in [1.29, 1.82) is 0 Å². The van der Waals surface area contributed by atoms with Gasteiger partial charge in [0.1, 0.15) is 0 Å². The van der Waals surface area contributed by atoms with Crippen LogP contribution in [0.3, 0.4) is 0 Å². The Labute approximate surface area is 108 Å². The molecule has 0 bridgehead atoms. The van der Waals surface area contributed by atoms with Crippen LogP contribution < -0.4 is 5.73 Å². The Hall–Kier alpha value is -0.680. The van der Waals surface area contributed by atoms with Gasteiger partial charge in [0.15, 0.2) is 0 Å². The predicted octanol–water partition coefficient (Wildman–Crippen LogP) is 1.33. The summed E-state index contributed by atoms with van der Waals surface area (Å²) in [6.07, 6.45) is 4.87. The summed E-state index contributed by atoms with van der Waals surface area (Å²) in [7, 11) is 1.77. The number of hydrogen-bond acceptors (Lipinski definition) is 3. The molecule has 1 aliphatic rings. The second-order valence-corrected chi connectivity index (χ2v) is 5.15. The second kappa shape index (κ2) is 7.61. The van der Waals surface area contributed by atoms with Crippen molar-refractivity contribution in [3.63, 3.8) is 0 Å². The van der Waals surface area contributed by atoms with Gasteiger partial charge in [0, 0.05) is 26.6 Å². The van der Waals surface area contributed by atoms with Gasteiger partial charge in [0.2, 0.25) is 5.91 Å². The molecule has 0 aromatic rings. The molecule has 1 fully saturated rings. The average Bonchev–Trinajstić information content (AvgIpc) is 3.09. The van der Waals surface area contributed by atoms with E-state index in [-0.39, 0.29) is 5.91 Å². The molecule has 0 aromatic carbocycles. The van der Waals surface area contributed by atoms with Crippen LogP contribution in [0.2, 0.25) is 0 Å². The number of carbonyl (C=O) groups excluding carboxylic acids is 1. The van der Waals surface area contributed by atoms with E-state index in [1.54, 1.807) is 11.9 Å². The van der Waals surface area contributed by atoms with Crippen LogP contribution >= 0.6 is 12.2 Å². The highest BCUT2D eigenvalue weighted by Gasteiger charge is 2.20. The number of hydrogen-bond donors (Lipinski definition) is 1. The summed E-state index contributed by atoms with van der Waals surface area (Å²) < 4.78 is 5.43. The largest absolute Gasteiger partial charge is 0.393 e. The summed E-state index contributed by atoms with van der Waals surface area (Å²) in [5.41, 5.74) is 5.38. The molecule has 0 saturated heterocycles. The topological polar surface area (TPSA) is 55.6 Å². The number of thiocarbonyl (C=S) groups is 1. The molecule has 17 heavy (non-hydrogen) atoms. The summed E-state index contributed by atoms with van der Waals surface area (Å²) in [6.45, 7) is 1.90. The number of rotatable bonds is 9. The summed E-state index contributed by atoms with van der Waals surface area (Å²) in [6, 6.07) is 0. The van der Waals surface area contributed by atoms with Crippen LogP contribution in [0.15, 0.2) is 0 Å². The minimum Gasteiger partial charge on any atom is -0.393 e. The smallest absolute Gasteiger partial charge is 0.224 e. The Morgan fingerprint density at radius 2 is 2.12 bits per heavy atom. The fraction of sp³-hybridized carbons (Fsp3) is 0.833. The fourth-order valence-corrected chi connectivity index (χ4v) is 1.60. The molecule has 2 N–H and O–H groups in total. The summed E-state index contributed by atoms with van der Waals surface area (Å²) in [5.74, 6) is 0.978. The van der Waals surface area contributed by atoms with Crippen LogP contribution in [-0.4, -0.2) is 42.6 Å². The van der Waals surface area contributed by atoms with Crippen molar-refractivity contribution >= 4 is 23.1 Å². The third-order valence-corrected chi connectivity index (χ3v) is 3.15. The highest BCUT2D eigenvalue weighted by Crippen LogP contribution is 2.32. The lowest BCUT2D eigenvalue weighted by Crippen LogP contribution is -2.30. The Balaban J connectivity index is 1.96. The Bertz CT molecular complexity index is 267. The van der Waals surface area contributed by atoms with Gasteiger partial charge in [-0.05, 0) is 12.3 Å². The molecule has 1 rings (SSSR count). The maximum atomic E-state index is 11.6. The van der Waals surface area contributed by atoms with Crippen LogP contribution in [-0.2, 0) is 9.53 Å². The average molecular weight is 258 g/mol. The quantitative estimate of drug-likeness (QED) is 0.501. The van der Waals surface area contributed by atoms with Crippen LogP contribution in [0, 0.1) is 5.92 Å². The molecule has 1 aliphatic carbocycles. The first-order chi connectivity index (χ1) is 8.09. The van der Waals surface area contributed by atoms with Crippen molar-refractivity contribution in [1.82, 2.24) is 4.90 Å². The highest BCUT2D eigenvalue weighted by atomic mass is 32.1. The Morgan fingerprint density at radius 1 is 1.41 bits per heavy atom. The summed E-state index contributed by atoms with van der Waals surface area (Å²) >= 11 is 4.77. The van der Waals surface area contributed by atoms with Crippen molar-refractivity contribution in [2.75, 3.05) is 26.8 Å². The van der Waals surface area contributed by atoms with Gasteiger partial charge in [-0.1, -0.05) is 25.1 Å². The van der Waals surface area contributed by atoms with Gasteiger partial charge in [-0.25, -0.2) is 0 Å². The molecule has 0 atom stereocenters. The van der Waals surface area contributed by atoms with Crippen LogP contribution in [0.25, 0.3) is 0 Å². The third-order valence-electron chi connectivity index (χ3n) is 2.95. The van der Waals surface area contributed by atoms with E-state index in [0.717, 1.165) is 18.9 Å². The zero-order valence-electron chi connectivity index (χ0n) is 10.5. The zero-order chi connectivity index (χ0) is 12.7. The molecule has 5 heteroatoms. The lowest BCUT2D eigenvalue weighted by atomic mass is 10.3. The van der Waals surface area contributed by atoms with Crippen LogP contribution in [0.5, 0.6) is 0 Å². The molecule has 0 aromatic heterocycles. The first-order valence-electron chi connectivity index (χ1n) is 6.19. The normalized spacial score (nSPS) is 14.6. The fourth-order valence-electron chi connectivity index (χ4n) is 1.51. The van der Waals surface area contributed by atoms with Crippen molar-refractivity contribution < 1.29 is 9.53 Å². The van der Waals surface area contributed by atoms with E-state index in [9.17, 15) is 4.79 Å². The monoisotopic (exact) mass is 258 g/mol. The van der Waals surface area contributed by atoms with Gasteiger partial charge in [0.25, 0.3) is 0 Å². The van der Waals surface area contributed by atoms with Crippen molar-refractivity contribution in [3.8, 4) is 0 Å². The maximum absolute atomic E-state index is 11.6. The molecule has 0 radical (unpaired) electrons. The molecule has 0 spiro atoms. The van der Waals surface area contributed by atoms with Crippen molar-refractivity contribution in [3.05, 3.63) is 0 Å². The zero-order valence-corrected chi connectivity index (χ0v) is 11.3. The van der Waals surface area contributed by atoms with E-state index in [2.05, 4.69) is 0 Å². The molecule has 0 heterocycles. The summed E-state index contributed by atoms with van der Waals surface area (Å²) in [5, 5.41) is 0. The Morgan fingerprint density at radius 3 is 2.71 bits per heavy atom. The number of nitrogens with two attached hydrogens (primary N) is 1. The first kappa shape index (κ1) is 14.4. The predicted molar refractivity (Wildman–Crippen MR) is 71.8 cm³/mol. The highest BCUT2D eigenvalue weighted by molar-refractivity contribution is 7.80. The van der Waals surface area contributed by atoms with Crippen molar-refractivity contribution in [2.45, 2.75) is 32.1 Å². The number of carbonyl (C=O) groups is 1. The van der Waals surface area contributed by atoms with Crippen LogP contribution in [0.1, 0.15) is 32.1 Å². The van der Waals surface area contributed by atoms with E-state index >= 15 is 0 Å². The number of ether oxygens (including phenoxy) is 1. The minimum atomic E-state index is 0.0904. The van der Waals surface area contributed by atoms with E-state index in [1.165, 1.54) is 12.8 Å².